The second-order valence-corrected chi connectivity index (χ2v) is 11.0. The highest BCUT2D eigenvalue weighted by Crippen LogP contribution is 2.38. The maximum Gasteiger partial charge on any atom is 0.294 e. The number of rotatable bonds is 8. The number of nitrogens with zero attached hydrogens (tertiary/aromatic N) is 1. The fourth-order valence-corrected chi connectivity index (χ4v) is 5.55. The van der Waals surface area contributed by atoms with E-state index in [1.807, 2.05) is 50.2 Å². The largest absolute Gasteiger partial charge is 0.493 e. The number of imide groups is 1. The number of ether oxygens (including phenoxy) is 2. The number of carbonyl (C=O) groups is 3. The average Bonchev–Trinajstić information content (AvgIpc) is 3.14. The monoisotopic (exact) mass is 662 g/mol. The zero-order valence-electron chi connectivity index (χ0n) is 20.8. The Morgan fingerprint density at radius 3 is 2.63 bits per heavy atom. The van der Waals surface area contributed by atoms with Crippen LogP contribution in [0.1, 0.15) is 22.3 Å². The average molecular weight is 663 g/mol. The molecule has 1 fully saturated rings. The summed E-state index contributed by atoms with van der Waals surface area (Å²) < 4.78 is 12.3. The molecule has 1 heterocycles. The van der Waals surface area contributed by atoms with Gasteiger partial charge in [-0.05, 0) is 95.2 Å². The first-order chi connectivity index (χ1) is 18.2. The lowest BCUT2D eigenvalue weighted by atomic mass is 10.1. The molecule has 0 radical (unpaired) electrons. The molecule has 0 atom stereocenters. The fourth-order valence-electron chi connectivity index (χ4n) is 3.74. The molecule has 0 aliphatic carbocycles. The van der Waals surface area contributed by atoms with E-state index in [0.29, 0.717) is 27.8 Å². The van der Waals surface area contributed by atoms with Crippen LogP contribution in [0.15, 0.2) is 59.5 Å². The highest BCUT2D eigenvalue weighted by atomic mass is 127. The molecule has 0 saturated carbocycles. The summed E-state index contributed by atoms with van der Waals surface area (Å²) in [6.07, 6.45) is 1.61. The molecule has 1 saturated heterocycles. The van der Waals surface area contributed by atoms with Crippen LogP contribution in [0.3, 0.4) is 0 Å². The number of anilines is 1. The zero-order chi connectivity index (χ0) is 27.4. The summed E-state index contributed by atoms with van der Waals surface area (Å²) in [7, 11) is 1.53. The molecular weight excluding hydrogens is 639 g/mol. The molecule has 38 heavy (non-hydrogen) atoms. The lowest BCUT2D eigenvalue weighted by Gasteiger charge is -2.15. The number of amides is 3. The van der Waals surface area contributed by atoms with E-state index in [-0.39, 0.29) is 18.1 Å². The highest BCUT2D eigenvalue weighted by Gasteiger charge is 2.36. The molecule has 1 aliphatic heterocycles. The number of benzene rings is 3. The van der Waals surface area contributed by atoms with E-state index < -0.39 is 17.1 Å². The van der Waals surface area contributed by atoms with Crippen molar-refractivity contribution in [1.82, 2.24) is 4.90 Å². The van der Waals surface area contributed by atoms with Crippen LogP contribution in [0.2, 0.25) is 5.02 Å². The van der Waals surface area contributed by atoms with Crippen LogP contribution >= 0.6 is 46.0 Å². The van der Waals surface area contributed by atoms with E-state index in [9.17, 15) is 14.4 Å². The number of hydrogen-bond donors (Lipinski definition) is 1. The van der Waals surface area contributed by atoms with Gasteiger partial charge in [0, 0.05) is 16.3 Å². The minimum atomic E-state index is -0.524. The second-order valence-electron chi connectivity index (χ2n) is 8.48. The normalized spacial score (nSPS) is 14.2. The Kier molecular flexibility index (Phi) is 9.01. The summed E-state index contributed by atoms with van der Waals surface area (Å²) in [5.41, 5.74) is 4.10. The van der Waals surface area contributed by atoms with Crippen LogP contribution in [0.4, 0.5) is 10.5 Å². The first-order valence-electron chi connectivity index (χ1n) is 11.5. The second kappa shape index (κ2) is 12.2. The van der Waals surface area contributed by atoms with Crippen molar-refractivity contribution in [2.24, 2.45) is 0 Å². The molecule has 3 aromatic rings. The van der Waals surface area contributed by atoms with Gasteiger partial charge in [-0.15, -0.1) is 0 Å². The number of nitrogens with one attached hydrogen (secondary N) is 1. The van der Waals surface area contributed by atoms with E-state index in [1.54, 1.807) is 24.3 Å². The minimum Gasteiger partial charge on any atom is -0.493 e. The van der Waals surface area contributed by atoms with E-state index in [4.69, 9.17) is 21.1 Å². The van der Waals surface area contributed by atoms with Crippen molar-refractivity contribution in [3.63, 3.8) is 0 Å². The molecule has 7 nitrogen and oxygen atoms in total. The summed E-state index contributed by atoms with van der Waals surface area (Å²) in [5, 5.41) is 2.89. The third-order valence-electron chi connectivity index (χ3n) is 5.93. The summed E-state index contributed by atoms with van der Waals surface area (Å²) in [5.74, 6) is 0.0475. The van der Waals surface area contributed by atoms with Crippen molar-refractivity contribution >= 4 is 74.8 Å². The number of hydrogen-bond acceptors (Lipinski definition) is 6. The summed E-state index contributed by atoms with van der Waals surface area (Å²) >= 11 is 9.16. The maximum atomic E-state index is 13.0. The Morgan fingerprint density at radius 1 is 1.13 bits per heavy atom. The van der Waals surface area contributed by atoms with Gasteiger partial charge in [0.25, 0.3) is 11.1 Å². The first kappa shape index (κ1) is 28.0. The predicted molar refractivity (Wildman–Crippen MR) is 159 cm³/mol. The number of thioether (sulfide) groups is 1. The number of aryl methyl sites for hydroxylation is 1. The standard InChI is InChI=1S/C28H24ClIN2O5S/c1-16-7-6-10-22(17(16)2)31-25(33)14-32-27(34)24(38-28(32)35)13-18-11-21(30)26(23(12-18)36-3)37-15-19-8-4-5-9-20(19)29/h4-13H,14-15H2,1-3H3,(H,31,33)/b24-13+. The molecule has 0 unspecified atom stereocenters. The molecule has 0 aromatic heterocycles. The van der Waals surface area contributed by atoms with Gasteiger partial charge in [-0.25, -0.2) is 0 Å². The Morgan fingerprint density at radius 2 is 1.89 bits per heavy atom. The Labute approximate surface area is 243 Å². The fraction of sp³-hybridized carbons (Fsp3) is 0.179. The molecule has 1 N–H and O–H groups in total. The quantitative estimate of drug-likeness (QED) is 0.211. The van der Waals surface area contributed by atoms with Crippen molar-refractivity contribution in [2.45, 2.75) is 20.5 Å². The van der Waals surface area contributed by atoms with Gasteiger partial charge < -0.3 is 14.8 Å². The van der Waals surface area contributed by atoms with Crippen molar-refractivity contribution in [1.29, 1.82) is 0 Å². The van der Waals surface area contributed by atoms with Crippen LogP contribution in [0.5, 0.6) is 11.5 Å². The Hall–Kier alpha value is -3.02. The Balaban J connectivity index is 1.48. The lowest BCUT2D eigenvalue weighted by Crippen LogP contribution is -2.36. The Bertz CT molecular complexity index is 1460. The SMILES string of the molecule is COc1cc(/C=C2/SC(=O)N(CC(=O)Nc3cccc(C)c3C)C2=O)cc(I)c1OCc1ccccc1Cl. The molecule has 3 aromatic carbocycles. The van der Waals surface area contributed by atoms with Crippen molar-refractivity contribution < 1.29 is 23.9 Å². The van der Waals surface area contributed by atoms with Crippen LogP contribution in [0.25, 0.3) is 6.08 Å². The molecule has 10 heteroatoms. The van der Waals surface area contributed by atoms with Gasteiger partial charge in [0.2, 0.25) is 5.91 Å². The molecule has 196 valence electrons. The van der Waals surface area contributed by atoms with Crippen LogP contribution in [-0.4, -0.2) is 35.6 Å². The van der Waals surface area contributed by atoms with Gasteiger partial charge in [-0.3, -0.25) is 19.3 Å². The summed E-state index contributed by atoms with van der Waals surface area (Å²) in [6.45, 7) is 3.73. The number of methoxy groups -OCH3 is 1. The van der Waals surface area contributed by atoms with Crippen LogP contribution < -0.4 is 14.8 Å². The maximum absolute atomic E-state index is 13.0. The highest BCUT2D eigenvalue weighted by molar-refractivity contribution is 14.1. The molecule has 3 amide bonds. The van der Waals surface area contributed by atoms with Crippen molar-refractivity contribution in [3.05, 3.63) is 90.3 Å². The van der Waals surface area contributed by atoms with E-state index >= 15 is 0 Å². The van der Waals surface area contributed by atoms with E-state index in [0.717, 1.165) is 36.9 Å². The van der Waals surface area contributed by atoms with Gasteiger partial charge >= 0.3 is 0 Å². The van der Waals surface area contributed by atoms with Crippen molar-refractivity contribution in [2.75, 3.05) is 19.0 Å². The first-order valence-corrected chi connectivity index (χ1v) is 13.8. The third-order valence-corrected chi connectivity index (χ3v) is 8.01. The molecule has 0 spiro atoms. The van der Waals surface area contributed by atoms with Crippen LogP contribution in [0, 0.1) is 17.4 Å². The smallest absolute Gasteiger partial charge is 0.294 e. The zero-order valence-corrected chi connectivity index (χ0v) is 24.6. The van der Waals surface area contributed by atoms with Crippen molar-refractivity contribution in [3.8, 4) is 11.5 Å². The topological polar surface area (TPSA) is 84.9 Å². The molecule has 1 aliphatic rings. The minimum absolute atomic E-state index is 0.220. The number of carbonyl (C=O) groups excluding carboxylic acids is 3. The molecule has 0 bridgehead atoms. The van der Waals surface area contributed by atoms with E-state index in [1.165, 1.54) is 7.11 Å². The molecular formula is C28H24ClIN2O5S. The lowest BCUT2D eigenvalue weighted by molar-refractivity contribution is -0.127. The van der Waals surface area contributed by atoms with Gasteiger partial charge in [-0.1, -0.05) is 41.9 Å². The number of halogens is 2. The summed E-state index contributed by atoms with van der Waals surface area (Å²) in [4.78, 5) is 39.3. The summed E-state index contributed by atoms with van der Waals surface area (Å²) in [6, 6.07) is 16.5. The van der Waals surface area contributed by atoms with Gasteiger partial charge in [0.05, 0.1) is 15.6 Å². The van der Waals surface area contributed by atoms with Crippen LogP contribution in [-0.2, 0) is 16.2 Å². The van der Waals surface area contributed by atoms with Gasteiger partial charge in [0.15, 0.2) is 11.5 Å². The van der Waals surface area contributed by atoms with Gasteiger partial charge in [-0.2, -0.15) is 0 Å². The predicted octanol–water partition coefficient (Wildman–Crippen LogP) is 6.82. The van der Waals surface area contributed by atoms with E-state index in [2.05, 4.69) is 27.9 Å². The third kappa shape index (κ3) is 6.33. The molecule has 4 rings (SSSR count). The van der Waals surface area contributed by atoms with Gasteiger partial charge in [0.1, 0.15) is 13.2 Å².